The van der Waals surface area contributed by atoms with Crippen LogP contribution < -0.4 is 5.32 Å². The number of hydrogen-bond donors (Lipinski definition) is 1. The number of amides is 3. The third-order valence-electron chi connectivity index (χ3n) is 5.89. The summed E-state index contributed by atoms with van der Waals surface area (Å²) in [4.78, 5) is 50.3. The van der Waals surface area contributed by atoms with Gasteiger partial charge in [-0.2, -0.15) is 0 Å². The molecule has 1 aliphatic heterocycles. The van der Waals surface area contributed by atoms with Crippen LogP contribution in [-0.2, 0) is 30.3 Å². The third kappa shape index (κ3) is 3.10. The first kappa shape index (κ1) is 18.4. The van der Waals surface area contributed by atoms with Crippen LogP contribution in [0, 0.1) is 23.7 Å². The number of likely N-dealkylation sites (tertiary alicyclic amines) is 1. The normalized spacial score (nSPS) is 27.2. The number of anilines is 1. The molecule has 1 aromatic rings. The number of aryl methyl sites for hydroxylation is 1. The fraction of sp³-hybridized carbons (Fsp3) is 0.429. The second-order valence-corrected chi connectivity index (χ2v) is 7.48. The largest absolute Gasteiger partial charge is 0.454 e. The Morgan fingerprint density at radius 3 is 2.39 bits per heavy atom. The van der Waals surface area contributed by atoms with Gasteiger partial charge >= 0.3 is 5.97 Å². The van der Waals surface area contributed by atoms with Crippen molar-refractivity contribution in [3.63, 3.8) is 0 Å². The maximum absolute atomic E-state index is 12.6. The highest BCUT2D eigenvalue weighted by Gasteiger charge is 2.59. The molecule has 146 valence electrons. The van der Waals surface area contributed by atoms with E-state index in [0.29, 0.717) is 5.69 Å². The Bertz CT molecular complexity index is 847. The summed E-state index contributed by atoms with van der Waals surface area (Å²) in [6.07, 6.45) is 5.59. The van der Waals surface area contributed by atoms with Crippen LogP contribution in [0.3, 0.4) is 0 Å². The Balaban J connectivity index is 1.30. The molecule has 0 spiro atoms. The van der Waals surface area contributed by atoms with Crippen LogP contribution in [0.15, 0.2) is 36.4 Å². The molecule has 28 heavy (non-hydrogen) atoms. The van der Waals surface area contributed by atoms with Gasteiger partial charge in [0.1, 0.15) is 6.54 Å². The molecule has 1 saturated heterocycles. The number of rotatable bonds is 6. The second-order valence-electron chi connectivity index (χ2n) is 7.48. The number of para-hydroxylation sites is 1. The van der Waals surface area contributed by atoms with Crippen molar-refractivity contribution in [1.29, 1.82) is 0 Å². The van der Waals surface area contributed by atoms with Crippen LogP contribution in [0.5, 0.6) is 0 Å². The fourth-order valence-corrected chi connectivity index (χ4v) is 4.58. The van der Waals surface area contributed by atoms with Gasteiger partial charge < -0.3 is 10.1 Å². The van der Waals surface area contributed by atoms with E-state index in [0.717, 1.165) is 23.3 Å². The van der Waals surface area contributed by atoms with E-state index in [4.69, 9.17) is 4.74 Å². The molecule has 1 saturated carbocycles. The summed E-state index contributed by atoms with van der Waals surface area (Å²) >= 11 is 0. The lowest BCUT2D eigenvalue weighted by molar-refractivity contribution is -0.154. The number of carbonyl (C=O) groups is 4. The van der Waals surface area contributed by atoms with Gasteiger partial charge in [0, 0.05) is 5.69 Å². The minimum Gasteiger partial charge on any atom is -0.454 e. The van der Waals surface area contributed by atoms with Crippen LogP contribution in [-0.4, -0.2) is 41.7 Å². The summed E-state index contributed by atoms with van der Waals surface area (Å²) in [7, 11) is 0. The smallest absolute Gasteiger partial charge is 0.326 e. The quantitative estimate of drug-likeness (QED) is 0.458. The molecule has 1 aromatic carbocycles. The average Bonchev–Trinajstić information content (AvgIpc) is 3.37. The summed E-state index contributed by atoms with van der Waals surface area (Å²) < 4.78 is 4.99. The van der Waals surface area contributed by atoms with E-state index >= 15 is 0 Å². The first-order valence-corrected chi connectivity index (χ1v) is 9.56. The van der Waals surface area contributed by atoms with Gasteiger partial charge in [-0.25, -0.2) is 0 Å². The molecule has 1 N–H and O–H groups in total. The maximum Gasteiger partial charge on any atom is 0.326 e. The van der Waals surface area contributed by atoms with Gasteiger partial charge in [-0.05, 0) is 36.3 Å². The molecule has 2 bridgehead atoms. The van der Waals surface area contributed by atoms with Crippen LogP contribution in [0.2, 0.25) is 0 Å². The predicted molar refractivity (Wildman–Crippen MR) is 99.8 cm³/mol. The molecule has 4 rings (SSSR count). The van der Waals surface area contributed by atoms with E-state index in [-0.39, 0.29) is 35.5 Å². The molecule has 3 amide bonds. The van der Waals surface area contributed by atoms with E-state index in [1.807, 2.05) is 37.3 Å². The lowest BCUT2D eigenvalue weighted by atomic mass is 9.85. The number of benzene rings is 1. The summed E-state index contributed by atoms with van der Waals surface area (Å²) in [6.45, 7) is 1.07. The number of fused-ring (bicyclic) bond motifs is 5. The highest BCUT2D eigenvalue weighted by atomic mass is 16.5. The van der Waals surface area contributed by atoms with Crippen LogP contribution in [0.1, 0.15) is 18.9 Å². The molecule has 2 aliphatic carbocycles. The first-order chi connectivity index (χ1) is 13.5. The Labute approximate surface area is 162 Å². The van der Waals surface area contributed by atoms with Gasteiger partial charge in [0.25, 0.3) is 5.91 Å². The number of ether oxygens (including phenoxy) is 1. The summed E-state index contributed by atoms with van der Waals surface area (Å²) in [6, 6.07) is 7.38. The lowest BCUT2D eigenvalue weighted by Gasteiger charge is -2.16. The van der Waals surface area contributed by atoms with Crippen molar-refractivity contribution < 1.29 is 23.9 Å². The average molecular weight is 382 g/mol. The van der Waals surface area contributed by atoms with Crippen molar-refractivity contribution >= 4 is 29.4 Å². The number of nitrogens with one attached hydrogen (secondary N) is 1. The van der Waals surface area contributed by atoms with E-state index in [2.05, 4.69) is 5.32 Å². The molecule has 0 unspecified atom stereocenters. The fourth-order valence-electron chi connectivity index (χ4n) is 4.58. The zero-order valence-corrected chi connectivity index (χ0v) is 15.6. The number of imide groups is 1. The van der Waals surface area contributed by atoms with Gasteiger partial charge in [0.15, 0.2) is 6.61 Å². The van der Waals surface area contributed by atoms with Gasteiger partial charge in [-0.3, -0.25) is 24.1 Å². The van der Waals surface area contributed by atoms with Crippen LogP contribution in [0.4, 0.5) is 5.69 Å². The van der Waals surface area contributed by atoms with Crippen molar-refractivity contribution in [1.82, 2.24) is 4.90 Å². The molecule has 7 heteroatoms. The van der Waals surface area contributed by atoms with Crippen molar-refractivity contribution in [2.24, 2.45) is 23.7 Å². The SMILES string of the molecule is CCc1ccccc1NC(=O)COC(=O)CN1C(=O)[C@@H]2[C@@H](C1=O)[C@@H]1C=C[C@@H]2C1. The van der Waals surface area contributed by atoms with Crippen molar-refractivity contribution in [3.05, 3.63) is 42.0 Å². The molecule has 7 nitrogen and oxygen atoms in total. The number of allylic oxidation sites excluding steroid dienone is 2. The molecular formula is C21H22N2O5. The second kappa shape index (κ2) is 7.22. The molecule has 3 aliphatic rings. The number of hydrogen-bond acceptors (Lipinski definition) is 5. The van der Waals surface area contributed by atoms with Gasteiger partial charge in [0.05, 0.1) is 11.8 Å². The van der Waals surface area contributed by atoms with Crippen molar-refractivity contribution in [2.75, 3.05) is 18.5 Å². The Kier molecular flexibility index (Phi) is 4.75. The maximum atomic E-state index is 12.6. The van der Waals surface area contributed by atoms with Crippen molar-refractivity contribution in [2.45, 2.75) is 19.8 Å². The summed E-state index contributed by atoms with van der Waals surface area (Å²) in [5.41, 5.74) is 1.65. The zero-order chi connectivity index (χ0) is 19.8. The van der Waals surface area contributed by atoms with Gasteiger partial charge in [-0.1, -0.05) is 37.3 Å². The van der Waals surface area contributed by atoms with Crippen molar-refractivity contribution in [3.8, 4) is 0 Å². The Morgan fingerprint density at radius 1 is 1.11 bits per heavy atom. The highest BCUT2D eigenvalue weighted by molar-refractivity contribution is 6.08. The topological polar surface area (TPSA) is 92.8 Å². The van der Waals surface area contributed by atoms with E-state index in [9.17, 15) is 19.2 Å². The predicted octanol–water partition coefficient (Wildman–Crippen LogP) is 1.54. The lowest BCUT2D eigenvalue weighted by Crippen LogP contribution is -2.38. The zero-order valence-electron chi connectivity index (χ0n) is 15.6. The number of esters is 1. The standard InChI is InChI=1S/C21H22N2O5/c1-2-12-5-3-4-6-15(12)22-16(24)11-28-17(25)10-23-20(26)18-13-7-8-14(9-13)19(18)21(23)27/h3-8,13-14,18-19H,2,9-11H2,1H3,(H,22,24)/t13-,14-,18+,19+/m1/s1. The minimum atomic E-state index is -0.763. The van der Waals surface area contributed by atoms with E-state index in [1.165, 1.54) is 0 Å². The molecule has 2 fully saturated rings. The van der Waals surface area contributed by atoms with Crippen LogP contribution >= 0.6 is 0 Å². The Hall–Kier alpha value is -2.96. The van der Waals surface area contributed by atoms with E-state index in [1.54, 1.807) is 6.07 Å². The van der Waals surface area contributed by atoms with E-state index < -0.39 is 25.0 Å². The molecule has 1 heterocycles. The first-order valence-electron chi connectivity index (χ1n) is 9.56. The minimum absolute atomic E-state index is 0.0943. The van der Waals surface area contributed by atoms with Gasteiger partial charge in [0.2, 0.25) is 11.8 Å². The number of carbonyl (C=O) groups excluding carboxylic acids is 4. The summed E-state index contributed by atoms with van der Waals surface area (Å²) in [5, 5.41) is 2.71. The monoisotopic (exact) mass is 382 g/mol. The summed E-state index contributed by atoms with van der Waals surface area (Å²) in [5.74, 6) is -2.33. The molecule has 0 radical (unpaired) electrons. The highest BCUT2D eigenvalue weighted by Crippen LogP contribution is 2.52. The third-order valence-corrected chi connectivity index (χ3v) is 5.89. The van der Waals surface area contributed by atoms with Gasteiger partial charge in [-0.15, -0.1) is 0 Å². The number of nitrogens with zero attached hydrogens (tertiary/aromatic N) is 1. The Morgan fingerprint density at radius 2 is 1.75 bits per heavy atom. The van der Waals surface area contributed by atoms with Crippen LogP contribution in [0.25, 0.3) is 0 Å². The molecule has 4 atom stereocenters. The molecule has 0 aromatic heterocycles. The molecular weight excluding hydrogens is 360 g/mol.